The van der Waals surface area contributed by atoms with Crippen molar-refractivity contribution in [1.29, 1.82) is 0 Å². The monoisotopic (exact) mass is 520 g/mol. The van der Waals surface area contributed by atoms with Crippen molar-refractivity contribution < 1.29 is 0 Å². The minimum Gasteiger partial charge on any atom is -0.278 e. The molecule has 194 valence electrons. The molecule has 40 heavy (non-hydrogen) atoms. The van der Waals surface area contributed by atoms with Gasteiger partial charge in [0.2, 0.25) is 0 Å². The lowest BCUT2D eigenvalue weighted by Crippen LogP contribution is -2.50. The molecule has 2 aliphatic heterocycles. The van der Waals surface area contributed by atoms with Crippen molar-refractivity contribution in [3.63, 3.8) is 0 Å². The summed E-state index contributed by atoms with van der Waals surface area (Å²) in [6.07, 6.45) is 11.0. The summed E-state index contributed by atoms with van der Waals surface area (Å²) in [5.41, 5.74) is 12.2. The highest BCUT2D eigenvalue weighted by atomic mass is 16.1. The highest BCUT2D eigenvalue weighted by molar-refractivity contribution is 6.87. The summed E-state index contributed by atoms with van der Waals surface area (Å²) in [5.74, 6) is 0. The molecule has 2 spiro atoms. The van der Waals surface area contributed by atoms with Crippen LogP contribution in [0.3, 0.4) is 0 Å². The van der Waals surface area contributed by atoms with E-state index in [9.17, 15) is 4.79 Å². The van der Waals surface area contributed by atoms with Crippen LogP contribution in [0, 0.1) is 0 Å². The van der Waals surface area contributed by atoms with Crippen molar-refractivity contribution in [1.82, 2.24) is 19.2 Å². The van der Waals surface area contributed by atoms with Gasteiger partial charge in [-0.1, -0.05) is 86.3 Å². The Labute approximate surface area is 233 Å². The van der Waals surface area contributed by atoms with Gasteiger partial charge in [-0.05, 0) is 71.3 Å². The Morgan fingerprint density at radius 1 is 0.675 bits per heavy atom. The van der Waals surface area contributed by atoms with Crippen LogP contribution in [0.5, 0.6) is 0 Å². The molecule has 3 aliphatic carbocycles. The molecule has 3 aromatic carbocycles. The maximum atomic E-state index is 14.5. The van der Waals surface area contributed by atoms with E-state index in [1.165, 1.54) is 96.9 Å². The van der Waals surface area contributed by atoms with Crippen molar-refractivity contribution in [2.75, 3.05) is 0 Å². The first-order valence-electron chi connectivity index (χ1n) is 15.1. The SMILES string of the molecule is O=c1c2nc3c(nc2n2n1B1c4ccccc4-c4ccccc4-c4cccc-2c41)C1(CCCC1)CC31CCCC1. The van der Waals surface area contributed by atoms with E-state index in [0.29, 0.717) is 5.52 Å². The number of hydrogen-bond donors (Lipinski definition) is 0. The minimum atomic E-state index is -0.214. The Kier molecular flexibility index (Phi) is 3.95. The van der Waals surface area contributed by atoms with Crippen molar-refractivity contribution in [2.45, 2.75) is 68.6 Å². The molecule has 5 aliphatic rings. The molecule has 0 amide bonds. The molecule has 0 unspecified atom stereocenters. The molecule has 5 aromatic rings. The highest BCUT2D eigenvalue weighted by Gasteiger charge is 2.56. The topological polar surface area (TPSA) is 52.7 Å². The van der Waals surface area contributed by atoms with Gasteiger partial charge in [0.15, 0.2) is 11.2 Å². The minimum absolute atomic E-state index is 0.0151. The number of benzene rings is 3. The second-order valence-corrected chi connectivity index (χ2v) is 13.0. The number of fused-ring (bicyclic) bond motifs is 13. The van der Waals surface area contributed by atoms with Gasteiger partial charge in [0.05, 0.1) is 17.1 Å². The van der Waals surface area contributed by atoms with Gasteiger partial charge in [-0.15, -0.1) is 0 Å². The van der Waals surface area contributed by atoms with Gasteiger partial charge in [0.25, 0.3) is 5.56 Å². The van der Waals surface area contributed by atoms with E-state index in [4.69, 9.17) is 9.97 Å². The van der Waals surface area contributed by atoms with E-state index < -0.39 is 0 Å². The predicted molar refractivity (Wildman–Crippen MR) is 159 cm³/mol. The van der Waals surface area contributed by atoms with E-state index in [0.717, 1.165) is 16.8 Å². The lowest BCUT2D eigenvalue weighted by atomic mass is 9.49. The van der Waals surface area contributed by atoms with Crippen molar-refractivity contribution in [3.8, 4) is 27.9 Å². The van der Waals surface area contributed by atoms with Gasteiger partial charge in [0.1, 0.15) is 0 Å². The molecular formula is C34H29BN4O. The number of rotatable bonds is 0. The Hall–Kier alpha value is -3.93. The van der Waals surface area contributed by atoms with Crippen LogP contribution in [0.4, 0.5) is 0 Å². The molecule has 0 saturated heterocycles. The van der Waals surface area contributed by atoms with Crippen LogP contribution < -0.4 is 16.5 Å². The highest BCUT2D eigenvalue weighted by Crippen LogP contribution is 2.61. The number of hydrogen-bond acceptors (Lipinski definition) is 3. The Morgan fingerprint density at radius 2 is 1.27 bits per heavy atom. The standard InChI is InChI=1S/C34H29BN4O/c40-32-28-31(37-30-29(36-28)33(16-5-6-17-33)20-34(30)18-7-8-19-34)38-26-15-9-13-24-22-11-2-1-10-21(22)23-12-3-4-14-25(23)35(27(24)26)39(32)38/h1-4,9-15H,5-8,16-20H2. The summed E-state index contributed by atoms with van der Waals surface area (Å²) in [7, 11) is 0. The Morgan fingerprint density at radius 3 is 2.00 bits per heavy atom. The largest absolute Gasteiger partial charge is 0.355 e. The quantitative estimate of drug-likeness (QED) is 0.258. The lowest BCUT2D eigenvalue weighted by molar-refractivity contribution is 0.318. The molecule has 10 rings (SSSR count). The lowest BCUT2D eigenvalue weighted by Gasteiger charge is -2.27. The summed E-state index contributed by atoms with van der Waals surface area (Å²) in [4.78, 5) is 25.4. The van der Waals surface area contributed by atoms with Gasteiger partial charge in [-0.3, -0.25) is 9.39 Å². The molecule has 2 aromatic heterocycles. The van der Waals surface area contributed by atoms with E-state index in [1.807, 2.05) is 4.59 Å². The molecule has 0 radical (unpaired) electrons. The van der Waals surface area contributed by atoms with Crippen LogP contribution in [0.1, 0.15) is 69.2 Å². The maximum absolute atomic E-state index is 14.5. The van der Waals surface area contributed by atoms with Gasteiger partial charge < -0.3 is 0 Å². The maximum Gasteiger partial charge on any atom is 0.355 e. The number of nitrogens with zero attached hydrogens (tertiary/aromatic N) is 4. The second-order valence-electron chi connectivity index (χ2n) is 13.0. The third-order valence-corrected chi connectivity index (χ3v) is 11.1. The zero-order valence-electron chi connectivity index (χ0n) is 22.5. The summed E-state index contributed by atoms with van der Waals surface area (Å²) in [6, 6.07) is 23.8. The van der Waals surface area contributed by atoms with Crippen LogP contribution >= 0.6 is 0 Å². The molecule has 2 saturated carbocycles. The molecule has 2 fully saturated rings. The fraction of sp³-hybridized carbons (Fsp3) is 0.324. The van der Waals surface area contributed by atoms with Crippen LogP contribution in [0.2, 0.25) is 0 Å². The summed E-state index contributed by atoms with van der Waals surface area (Å²) < 4.78 is 4.10. The van der Waals surface area contributed by atoms with Gasteiger partial charge in [-0.2, -0.15) is 0 Å². The first-order valence-corrected chi connectivity index (χ1v) is 15.1. The molecule has 0 atom stereocenters. The first-order chi connectivity index (χ1) is 19.7. The molecule has 0 bridgehead atoms. The fourth-order valence-electron chi connectivity index (χ4n) is 9.57. The summed E-state index contributed by atoms with van der Waals surface area (Å²) in [5, 5.41) is 0. The molecule has 4 heterocycles. The average Bonchev–Trinajstić information content (AvgIpc) is 3.80. The van der Waals surface area contributed by atoms with E-state index in [1.54, 1.807) is 0 Å². The summed E-state index contributed by atoms with van der Waals surface area (Å²) in [6.45, 7) is -0.214. The number of aromatic nitrogens is 4. The molecule has 6 heteroatoms. The average molecular weight is 520 g/mol. The normalized spacial score (nSPS) is 20.1. The third kappa shape index (κ3) is 2.42. The van der Waals surface area contributed by atoms with Crippen LogP contribution in [0.15, 0.2) is 71.5 Å². The fourth-order valence-corrected chi connectivity index (χ4v) is 9.57. The molecular weight excluding hydrogens is 491 g/mol. The van der Waals surface area contributed by atoms with Crippen molar-refractivity contribution in [2.24, 2.45) is 0 Å². The first kappa shape index (κ1) is 21.8. The Balaban J connectivity index is 1.33. The molecule has 5 nitrogen and oxygen atoms in total. The predicted octanol–water partition coefficient (Wildman–Crippen LogP) is 5.22. The van der Waals surface area contributed by atoms with Gasteiger partial charge in [0, 0.05) is 10.8 Å². The second kappa shape index (κ2) is 7.23. The zero-order valence-corrected chi connectivity index (χ0v) is 22.5. The van der Waals surface area contributed by atoms with Crippen molar-refractivity contribution in [3.05, 3.63) is 88.5 Å². The zero-order chi connectivity index (χ0) is 26.2. The van der Waals surface area contributed by atoms with Crippen molar-refractivity contribution >= 4 is 28.9 Å². The smallest absolute Gasteiger partial charge is 0.278 e. The summed E-state index contributed by atoms with van der Waals surface area (Å²) >= 11 is 0. The van der Waals surface area contributed by atoms with E-state index in [-0.39, 0.29) is 23.2 Å². The van der Waals surface area contributed by atoms with Crippen LogP contribution in [-0.2, 0) is 10.8 Å². The third-order valence-electron chi connectivity index (χ3n) is 11.1. The van der Waals surface area contributed by atoms with Crippen LogP contribution in [0.25, 0.3) is 39.1 Å². The Bertz CT molecular complexity index is 1990. The molecule has 0 N–H and O–H groups in total. The van der Waals surface area contributed by atoms with E-state index in [2.05, 4.69) is 71.4 Å². The van der Waals surface area contributed by atoms with Gasteiger partial charge >= 0.3 is 6.85 Å². The van der Waals surface area contributed by atoms with Gasteiger partial charge in [-0.25, -0.2) is 14.6 Å². The van der Waals surface area contributed by atoms with Crippen LogP contribution in [-0.4, -0.2) is 26.1 Å². The van der Waals surface area contributed by atoms with E-state index >= 15 is 0 Å².